The van der Waals surface area contributed by atoms with Crippen LogP contribution in [0.1, 0.15) is 29.2 Å². The molecule has 0 bridgehead atoms. The van der Waals surface area contributed by atoms with Crippen molar-refractivity contribution in [2.45, 2.75) is 25.9 Å². The van der Waals surface area contributed by atoms with Gasteiger partial charge in [-0.05, 0) is 54.4 Å². The van der Waals surface area contributed by atoms with Crippen molar-refractivity contribution in [3.63, 3.8) is 0 Å². The van der Waals surface area contributed by atoms with Gasteiger partial charge in [0.1, 0.15) is 12.4 Å². The molecule has 2 aromatic heterocycles. The highest BCUT2D eigenvalue weighted by Gasteiger charge is 2.33. The maximum atomic E-state index is 14.0. The molecular weight excluding hydrogens is 526 g/mol. The normalized spacial score (nSPS) is 15.2. The van der Waals surface area contributed by atoms with E-state index in [2.05, 4.69) is 52.1 Å². The predicted octanol–water partition coefficient (Wildman–Crippen LogP) is 6.55. The highest BCUT2D eigenvalue weighted by Crippen LogP contribution is 2.34. The first-order chi connectivity index (χ1) is 18.1. The quantitative estimate of drug-likeness (QED) is 0.250. The summed E-state index contributed by atoms with van der Waals surface area (Å²) in [5, 5.41) is 6.53. The molecule has 6 nitrogen and oxygen atoms in total. The Morgan fingerprint density at radius 3 is 2.49 bits per heavy atom. The van der Waals surface area contributed by atoms with Crippen molar-refractivity contribution in [1.82, 2.24) is 19.5 Å². The molecule has 0 radical (unpaired) electrons. The molecule has 3 aromatic carbocycles. The number of carbonyl (C=O) groups is 1. The van der Waals surface area contributed by atoms with Crippen molar-refractivity contribution in [3.8, 4) is 11.4 Å². The molecule has 0 saturated heterocycles. The molecule has 0 aliphatic carbocycles. The Morgan fingerprint density at radius 1 is 0.946 bits per heavy atom. The van der Waals surface area contributed by atoms with Crippen LogP contribution in [-0.4, -0.2) is 31.2 Å². The van der Waals surface area contributed by atoms with Gasteiger partial charge in [0.15, 0.2) is 0 Å². The molecule has 1 unspecified atom stereocenters. The van der Waals surface area contributed by atoms with Crippen LogP contribution in [-0.2, 0) is 11.3 Å². The zero-order valence-corrected chi connectivity index (χ0v) is 21.8. The SMILES string of the molecule is Cc1ccc(C2CC(c3ccc(Br)cc3)=NN2C(=O)Cn2c(-c3cccnc3)nc3ccccc32)cc1. The molecule has 37 heavy (non-hydrogen) atoms. The summed E-state index contributed by atoms with van der Waals surface area (Å²) in [5.74, 6) is 0.622. The molecule has 5 aromatic rings. The van der Waals surface area contributed by atoms with Crippen molar-refractivity contribution in [3.05, 3.63) is 118 Å². The molecule has 1 aliphatic rings. The minimum absolute atomic E-state index is 0.0917. The molecule has 7 heteroatoms. The van der Waals surface area contributed by atoms with Crippen molar-refractivity contribution in [1.29, 1.82) is 0 Å². The molecule has 0 saturated carbocycles. The van der Waals surface area contributed by atoms with E-state index in [1.807, 2.05) is 65.2 Å². The van der Waals surface area contributed by atoms with Crippen molar-refractivity contribution >= 4 is 38.6 Å². The fourth-order valence-electron chi connectivity index (χ4n) is 4.76. The number of halogens is 1. The van der Waals surface area contributed by atoms with Gasteiger partial charge in [0, 0.05) is 28.9 Å². The lowest BCUT2D eigenvalue weighted by molar-refractivity contribution is -0.133. The zero-order valence-electron chi connectivity index (χ0n) is 20.3. The van der Waals surface area contributed by atoms with Gasteiger partial charge in [-0.2, -0.15) is 5.10 Å². The number of pyridine rings is 1. The second-order valence-corrected chi connectivity index (χ2v) is 10.1. The average Bonchev–Trinajstić information content (AvgIpc) is 3.53. The minimum Gasteiger partial charge on any atom is -0.314 e. The monoisotopic (exact) mass is 549 g/mol. The summed E-state index contributed by atoms with van der Waals surface area (Å²) in [5.41, 5.74) is 6.76. The number of nitrogens with zero attached hydrogens (tertiary/aromatic N) is 5. The van der Waals surface area contributed by atoms with E-state index in [0.29, 0.717) is 12.2 Å². The predicted molar refractivity (Wildman–Crippen MR) is 149 cm³/mol. The zero-order chi connectivity index (χ0) is 25.4. The van der Waals surface area contributed by atoms with Crippen LogP contribution in [0.25, 0.3) is 22.4 Å². The van der Waals surface area contributed by atoms with E-state index in [1.165, 1.54) is 5.56 Å². The van der Waals surface area contributed by atoms with Gasteiger partial charge >= 0.3 is 0 Å². The van der Waals surface area contributed by atoms with Gasteiger partial charge in [-0.25, -0.2) is 9.99 Å². The molecule has 1 aliphatic heterocycles. The van der Waals surface area contributed by atoms with Crippen molar-refractivity contribution < 1.29 is 4.79 Å². The fourth-order valence-corrected chi connectivity index (χ4v) is 5.03. The third-order valence-electron chi connectivity index (χ3n) is 6.67. The van der Waals surface area contributed by atoms with Crippen LogP contribution >= 0.6 is 15.9 Å². The minimum atomic E-state index is -0.177. The third-order valence-corrected chi connectivity index (χ3v) is 7.20. The Bertz CT molecular complexity index is 1610. The third kappa shape index (κ3) is 4.58. The average molecular weight is 550 g/mol. The molecule has 1 amide bonds. The van der Waals surface area contributed by atoms with E-state index < -0.39 is 0 Å². The van der Waals surface area contributed by atoms with Gasteiger partial charge in [0.2, 0.25) is 0 Å². The topological polar surface area (TPSA) is 63.4 Å². The molecule has 0 spiro atoms. The van der Waals surface area contributed by atoms with Crippen LogP contribution in [0, 0.1) is 6.92 Å². The Kier molecular flexibility index (Phi) is 6.14. The van der Waals surface area contributed by atoms with Crippen LogP contribution in [0.5, 0.6) is 0 Å². The van der Waals surface area contributed by atoms with Gasteiger partial charge in [0.05, 0.1) is 22.8 Å². The number of hydrogen-bond acceptors (Lipinski definition) is 4. The summed E-state index contributed by atoms with van der Waals surface area (Å²) in [6, 6.07) is 28.0. The molecule has 0 fully saturated rings. The van der Waals surface area contributed by atoms with Gasteiger partial charge in [-0.3, -0.25) is 9.78 Å². The van der Waals surface area contributed by atoms with Gasteiger partial charge in [-0.1, -0.05) is 70.0 Å². The Hall–Kier alpha value is -4.10. The van der Waals surface area contributed by atoms with Crippen LogP contribution in [0.2, 0.25) is 0 Å². The van der Waals surface area contributed by atoms with Gasteiger partial charge in [-0.15, -0.1) is 0 Å². The first-order valence-electron chi connectivity index (χ1n) is 12.1. The second kappa shape index (κ2) is 9.75. The summed E-state index contributed by atoms with van der Waals surface area (Å²) in [6.45, 7) is 2.18. The smallest absolute Gasteiger partial charge is 0.263 e. The number of hydrazone groups is 1. The van der Waals surface area contributed by atoms with E-state index in [-0.39, 0.29) is 18.5 Å². The molecule has 182 valence electrons. The molecule has 3 heterocycles. The van der Waals surface area contributed by atoms with Crippen LogP contribution in [0.4, 0.5) is 0 Å². The number of para-hydroxylation sites is 2. The molecule has 6 rings (SSSR count). The Morgan fingerprint density at radius 2 is 1.73 bits per heavy atom. The largest absolute Gasteiger partial charge is 0.314 e. The lowest BCUT2D eigenvalue weighted by Gasteiger charge is -2.23. The first-order valence-corrected chi connectivity index (χ1v) is 12.9. The van der Waals surface area contributed by atoms with Gasteiger partial charge in [0.25, 0.3) is 5.91 Å². The Balaban J connectivity index is 1.40. The molecule has 0 N–H and O–H groups in total. The number of carbonyl (C=O) groups excluding carboxylic acids is 1. The summed E-state index contributed by atoms with van der Waals surface area (Å²) >= 11 is 3.51. The van der Waals surface area contributed by atoms with Crippen LogP contribution < -0.4 is 0 Å². The number of imidazole rings is 1. The number of aryl methyl sites for hydroxylation is 1. The summed E-state index contributed by atoms with van der Waals surface area (Å²) in [6.07, 6.45) is 4.16. The lowest BCUT2D eigenvalue weighted by atomic mass is 9.98. The summed E-state index contributed by atoms with van der Waals surface area (Å²) < 4.78 is 2.97. The second-order valence-electron chi connectivity index (χ2n) is 9.17. The summed E-state index contributed by atoms with van der Waals surface area (Å²) in [7, 11) is 0. The highest BCUT2D eigenvalue weighted by atomic mass is 79.9. The van der Waals surface area contributed by atoms with E-state index in [4.69, 9.17) is 10.1 Å². The maximum absolute atomic E-state index is 14.0. The van der Waals surface area contributed by atoms with Crippen molar-refractivity contribution in [2.24, 2.45) is 5.10 Å². The maximum Gasteiger partial charge on any atom is 0.263 e. The van der Waals surface area contributed by atoms with Crippen LogP contribution in [0.3, 0.4) is 0 Å². The van der Waals surface area contributed by atoms with Gasteiger partial charge < -0.3 is 4.57 Å². The van der Waals surface area contributed by atoms with E-state index in [0.717, 1.165) is 37.9 Å². The standard InChI is InChI=1S/C30H24BrN5O/c1-20-8-10-22(11-9-20)28-17-26(21-12-14-24(31)15-13-21)34-36(28)29(37)19-35-27-7-3-2-6-25(27)33-30(35)23-5-4-16-32-18-23/h2-16,18,28H,17,19H2,1H3. The number of rotatable bonds is 5. The van der Waals surface area contributed by atoms with E-state index >= 15 is 0 Å². The Labute approximate surface area is 223 Å². The number of amides is 1. The first kappa shape index (κ1) is 23.3. The van der Waals surface area contributed by atoms with E-state index in [9.17, 15) is 4.79 Å². The molecular formula is C30H24BrN5O. The van der Waals surface area contributed by atoms with Crippen LogP contribution in [0.15, 0.2) is 107 Å². The number of hydrogen-bond donors (Lipinski definition) is 0. The van der Waals surface area contributed by atoms with Crippen molar-refractivity contribution in [2.75, 3.05) is 0 Å². The number of aromatic nitrogens is 3. The summed E-state index contributed by atoms with van der Waals surface area (Å²) in [4.78, 5) is 23.1. The highest BCUT2D eigenvalue weighted by molar-refractivity contribution is 9.10. The lowest BCUT2D eigenvalue weighted by Crippen LogP contribution is -2.30. The number of fused-ring (bicyclic) bond motifs is 1. The van der Waals surface area contributed by atoms with E-state index in [1.54, 1.807) is 17.4 Å². The fraction of sp³-hybridized carbons (Fsp3) is 0.133. The molecule has 1 atom stereocenters. The number of benzene rings is 3.